The van der Waals surface area contributed by atoms with E-state index in [9.17, 15) is 14.7 Å². The number of benzene rings is 1. The molecule has 0 unspecified atom stereocenters. The number of rotatable bonds is 4. The fraction of sp³-hybridized carbons (Fsp3) is 0.0556. The van der Waals surface area contributed by atoms with Crippen molar-refractivity contribution < 1.29 is 9.90 Å². The lowest BCUT2D eigenvalue weighted by Crippen LogP contribution is -2.20. The Labute approximate surface area is 146 Å². The highest BCUT2D eigenvalue weighted by atomic mass is 16.4. The summed E-state index contributed by atoms with van der Waals surface area (Å²) in [6.07, 6.45) is 3.65. The Bertz CT molecular complexity index is 1150. The van der Waals surface area contributed by atoms with Crippen molar-refractivity contribution in [1.82, 2.24) is 25.4 Å². The summed E-state index contributed by atoms with van der Waals surface area (Å²) >= 11 is 0. The van der Waals surface area contributed by atoms with Gasteiger partial charge in [0.1, 0.15) is 11.2 Å². The average Bonchev–Trinajstić information content (AvgIpc) is 3.14. The second kappa shape index (κ2) is 6.25. The summed E-state index contributed by atoms with van der Waals surface area (Å²) in [7, 11) is 0. The summed E-state index contributed by atoms with van der Waals surface area (Å²) in [6.45, 7) is 0. The predicted octanol–water partition coefficient (Wildman–Crippen LogP) is 2.00. The molecule has 0 amide bonds. The topological polar surface area (TPSA) is 125 Å². The van der Waals surface area contributed by atoms with Crippen molar-refractivity contribution in [3.63, 3.8) is 0 Å². The molecule has 0 spiro atoms. The predicted molar refractivity (Wildman–Crippen MR) is 93.9 cm³/mol. The Kier molecular flexibility index (Phi) is 3.77. The minimum Gasteiger partial charge on any atom is -0.477 e. The Morgan fingerprint density at radius 3 is 2.65 bits per heavy atom. The lowest BCUT2D eigenvalue weighted by Gasteiger charge is -2.13. The molecule has 0 saturated heterocycles. The highest BCUT2D eigenvalue weighted by Crippen LogP contribution is 2.31. The molecule has 4 rings (SSSR count). The molecular weight excluding hydrogens is 334 g/mol. The molecule has 0 aliphatic heterocycles. The lowest BCUT2D eigenvalue weighted by atomic mass is 9.93. The Hall–Kier alpha value is -3.81. The zero-order chi connectivity index (χ0) is 18.1. The molecular formula is C18H13N5O3. The van der Waals surface area contributed by atoms with Crippen LogP contribution in [0.1, 0.15) is 21.6 Å². The highest BCUT2D eigenvalue weighted by molar-refractivity contribution is 6.06. The Balaban J connectivity index is 2.11. The van der Waals surface area contributed by atoms with Crippen LogP contribution < -0.4 is 5.56 Å². The number of aromatic carboxylic acids is 1. The van der Waals surface area contributed by atoms with Crippen LogP contribution in [-0.2, 0) is 6.42 Å². The number of carbonyl (C=O) groups is 1. The van der Waals surface area contributed by atoms with Gasteiger partial charge in [-0.3, -0.25) is 9.89 Å². The number of H-pyrrole nitrogens is 2. The van der Waals surface area contributed by atoms with Gasteiger partial charge in [0.25, 0.3) is 5.56 Å². The number of carboxylic acids is 1. The average molecular weight is 347 g/mol. The van der Waals surface area contributed by atoms with Crippen molar-refractivity contribution in [3.05, 3.63) is 76.0 Å². The Morgan fingerprint density at radius 1 is 1.15 bits per heavy atom. The largest absolute Gasteiger partial charge is 0.477 e. The van der Waals surface area contributed by atoms with Gasteiger partial charge < -0.3 is 10.1 Å². The van der Waals surface area contributed by atoms with Crippen LogP contribution in [0.5, 0.6) is 0 Å². The maximum absolute atomic E-state index is 12.4. The molecule has 0 aliphatic carbocycles. The summed E-state index contributed by atoms with van der Waals surface area (Å²) < 4.78 is 0. The van der Waals surface area contributed by atoms with Gasteiger partial charge in [0.05, 0.1) is 5.69 Å². The maximum Gasteiger partial charge on any atom is 0.342 e. The van der Waals surface area contributed by atoms with Crippen molar-refractivity contribution >= 4 is 17.0 Å². The molecule has 0 saturated carbocycles. The smallest absolute Gasteiger partial charge is 0.342 e. The van der Waals surface area contributed by atoms with Crippen molar-refractivity contribution in [2.75, 3.05) is 0 Å². The number of nitrogens with one attached hydrogen (secondary N) is 2. The summed E-state index contributed by atoms with van der Waals surface area (Å²) in [4.78, 5) is 31.0. The van der Waals surface area contributed by atoms with Gasteiger partial charge in [0.2, 0.25) is 0 Å². The van der Waals surface area contributed by atoms with E-state index in [0.29, 0.717) is 34.3 Å². The Morgan fingerprint density at radius 2 is 1.96 bits per heavy atom. The molecule has 1 aromatic carbocycles. The van der Waals surface area contributed by atoms with Crippen LogP contribution in [0.3, 0.4) is 0 Å². The highest BCUT2D eigenvalue weighted by Gasteiger charge is 2.22. The molecule has 3 heterocycles. The normalized spacial score (nSPS) is 10.9. The SMILES string of the molecule is O=C(O)c1c(-c2ccccc2)c2c(Cc3c[nH]nn3)ccnc2[nH]c1=O. The number of nitrogens with zero attached hydrogens (tertiary/aromatic N) is 3. The van der Waals surface area contributed by atoms with Crippen LogP contribution in [0.2, 0.25) is 0 Å². The van der Waals surface area contributed by atoms with Gasteiger partial charge in [0.15, 0.2) is 0 Å². The van der Waals surface area contributed by atoms with E-state index in [4.69, 9.17) is 0 Å². The summed E-state index contributed by atoms with van der Waals surface area (Å²) in [5, 5.41) is 20.6. The lowest BCUT2D eigenvalue weighted by molar-refractivity contribution is 0.0696. The zero-order valence-corrected chi connectivity index (χ0v) is 13.4. The molecule has 3 N–H and O–H groups in total. The number of hydrogen-bond acceptors (Lipinski definition) is 5. The first-order chi connectivity index (χ1) is 12.6. The van der Waals surface area contributed by atoms with E-state index in [1.165, 1.54) is 0 Å². The van der Waals surface area contributed by atoms with E-state index >= 15 is 0 Å². The number of carboxylic acid groups (broad SMARTS) is 1. The van der Waals surface area contributed by atoms with Gasteiger partial charge in [0, 0.05) is 29.8 Å². The third-order valence-electron chi connectivity index (χ3n) is 4.11. The summed E-state index contributed by atoms with van der Waals surface area (Å²) in [5.74, 6) is -1.29. The van der Waals surface area contributed by atoms with E-state index in [-0.39, 0.29) is 5.56 Å². The number of pyridine rings is 2. The van der Waals surface area contributed by atoms with Gasteiger partial charge in [-0.2, -0.15) is 0 Å². The van der Waals surface area contributed by atoms with Crippen LogP contribution in [0.4, 0.5) is 0 Å². The fourth-order valence-corrected chi connectivity index (χ4v) is 3.04. The number of aromatic nitrogens is 5. The number of fused-ring (bicyclic) bond motifs is 1. The molecule has 8 nitrogen and oxygen atoms in total. The van der Waals surface area contributed by atoms with Crippen molar-refractivity contribution in [3.8, 4) is 11.1 Å². The van der Waals surface area contributed by atoms with Crippen LogP contribution in [-0.4, -0.2) is 36.5 Å². The van der Waals surface area contributed by atoms with Crippen LogP contribution in [0.25, 0.3) is 22.2 Å². The third kappa shape index (κ3) is 2.63. The molecule has 0 bridgehead atoms. The molecule has 0 atom stereocenters. The van der Waals surface area contributed by atoms with Crippen molar-refractivity contribution in [2.24, 2.45) is 0 Å². The molecule has 0 radical (unpaired) electrons. The third-order valence-corrected chi connectivity index (χ3v) is 4.11. The number of hydrogen-bond donors (Lipinski definition) is 3. The number of aromatic amines is 2. The zero-order valence-electron chi connectivity index (χ0n) is 13.4. The fourth-order valence-electron chi connectivity index (χ4n) is 3.04. The van der Waals surface area contributed by atoms with Crippen LogP contribution >= 0.6 is 0 Å². The molecule has 0 fully saturated rings. The molecule has 8 heteroatoms. The molecule has 0 aliphatic rings. The van der Waals surface area contributed by atoms with Gasteiger partial charge in [-0.05, 0) is 17.2 Å². The molecule has 4 aromatic rings. The minimum absolute atomic E-state index is 0.307. The first-order valence-electron chi connectivity index (χ1n) is 7.83. The first kappa shape index (κ1) is 15.7. The quantitative estimate of drug-likeness (QED) is 0.518. The van der Waals surface area contributed by atoms with Crippen LogP contribution in [0, 0.1) is 0 Å². The second-order valence-corrected chi connectivity index (χ2v) is 5.71. The van der Waals surface area contributed by atoms with Gasteiger partial charge in [-0.1, -0.05) is 35.5 Å². The monoisotopic (exact) mass is 347 g/mol. The summed E-state index contributed by atoms with van der Waals surface area (Å²) in [6, 6.07) is 10.7. The molecule has 128 valence electrons. The van der Waals surface area contributed by atoms with E-state index in [0.717, 1.165) is 5.56 Å². The van der Waals surface area contributed by atoms with Crippen molar-refractivity contribution in [1.29, 1.82) is 0 Å². The minimum atomic E-state index is -1.29. The summed E-state index contributed by atoms with van der Waals surface area (Å²) in [5.41, 5.74) is 1.81. The van der Waals surface area contributed by atoms with E-state index < -0.39 is 11.5 Å². The second-order valence-electron chi connectivity index (χ2n) is 5.71. The van der Waals surface area contributed by atoms with E-state index in [1.807, 2.05) is 6.07 Å². The van der Waals surface area contributed by atoms with Gasteiger partial charge in [-0.15, -0.1) is 5.10 Å². The molecule has 3 aromatic heterocycles. The molecule has 26 heavy (non-hydrogen) atoms. The van der Waals surface area contributed by atoms with Crippen molar-refractivity contribution in [2.45, 2.75) is 6.42 Å². The van der Waals surface area contributed by atoms with E-state index in [2.05, 4.69) is 25.4 Å². The van der Waals surface area contributed by atoms with Crippen LogP contribution in [0.15, 0.2) is 53.6 Å². The van der Waals surface area contributed by atoms with E-state index in [1.54, 1.807) is 42.7 Å². The van der Waals surface area contributed by atoms with Gasteiger partial charge >= 0.3 is 5.97 Å². The van der Waals surface area contributed by atoms with Gasteiger partial charge in [-0.25, -0.2) is 9.78 Å². The standard InChI is InChI=1S/C18H13N5O3/c24-17-15(18(25)26)13(10-4-2-1-3-5-10)14-11(6-7-19-16(14)21-17)8-12-9-20-23-22-12/h1-7,9H,8H2,(H,25,26)(H,19,21,24)(H,20,22,23). The first-order valence-corrected chi connectivity index (χ1v) is 7.83. The maximum atomic E-state index is 12.4.